The van der Waals surface area contributed by atoms with Gasteiger partial charge in [0, 0.05) is 11.9 Å². The standard InChI is InChI=1S/C16H27ClN2OS/c1-2-3-4-5-6-7-8-9-10-18-15(20)11-16-19-14(12-17)13-21-16/h13H,2-12H2,1H3,(H,18,20). The molecule has 5 heteroatoms. The summed E-state index contributed by atoms with van der Waals surface area (Å²) in [6, 6.07) is 0. The van der Waals surface area contributed by atoms with Crippen LogP contribution in [0.1, 0.15) is 69.0 Å². The molecule has 0 bridgehead atoms. The second kappa shape index (κ2) is 12.0. The van der Waals surface area contributed by atoms with Crippen LogP contribution in [0.25, 0.3) is 0 Å². The maximum absolute atomic E-state index is 11.7. The van der Waals surface area contributed by atoms with Crippen molar-refractivity contribution < 1.29 is 4.79 Å². The van der Waals surface area contributed by atoms with Gasteiger partial charge in [-0.15, -0.1) is 22.9 Å². The number of hydrogen-bond donors (Lipinski definition) is 1. The van der Waals surface area contributed by atoms with Crippen molar-refractivity contribution in [3.8, 4) is 0 Å². The SMILES string of the molecule is CCCCCCCCCCNC(=O)Cc1nc(CCl)cs1. The number of unbranched alkanes of at least 4 members (excludes halogenated alkanes) is 7. The Morgan fingerprint density at radius 1 is 1.19 bits per heavy atom. The average molecular weight is 331 g/mol. The molecule has 0 unspecified atom stereocenters. The Hall–Kier alpha value is -0.610. The number of thiazole rings is 1. The fraction of sp³-hybridized carbons (Fsp3) is 0.750. The number of nitrogens with one attached hydrogen (secondary N) is 1. The summed E-state index contributed by atoms with van der Waals surface area (Å²) in [6.07, 6.45) is 10.6. The van der Waals surface area contributed by atoms with Crippen LogP contribution in [0.4, 0.5) is 0 Å². The molecule has 1 rings (SSSR count). The highest BCUT2D eigenvalue weighted by molar-refractivity contribution is 7.09. The lowest BCUT2D eigenvalue weighted by Gasteiger charge is -2.04. The van der Waals surface area contributed by atoms with Crippen LogP contribution >= 0.6 is 22.9 Å². The first-order valence-electron chi connectivity index (χ1n) is 8.02. The molecule has 0 aliphatic rings. The van der Waals surface area contributed by atoms with Crippen molar-refractivity contribution in [2.75, 3.05) is 6.54 Å². The predicted octanol–water partition coefficient (Wildman–Crippen LogP) is 4.68. The van der Waals surface area contributed by atoms with Crippen molar-refractivity contribution >= 4 is 28.8 Å². The van der Waals surface area contributed by atoms with Crippen LogP contribution in [0.15, 0.2) is 5.38 Å². The fourth-order valence-electron chi connectivity index (χ4n) is 2.18. The topological polar surface area (TPSA) is 42.0 Å². The summed E-state index contributed by atoms with van der Waals surface area (Å²) in [5.41, 5.74) is 0.854. The van der Waals surface area contributed by atoms with Gasteiger partial charge in [0.2, 0.25) is 5.91 Å². The molecule has 0 aliphatic carbocycles. The molecular formula is C16H27ClN2OS. The van der Waals surface area contributed by atoms with Crippen molar-refractivity contribution in [2.45, 2.75) is 70.6 Å². The van der Waals surface area contributed by atoms with Gasteiger partial charge in [-0.2, -0.15) is 0 Å². The third-order valence-corrected chi connectivity index (χ3v) is 4.57. The van der Waals surface area contributed by atoms with Gasteiger partial charge < -0.3 is 5.32 Å². The number of aromatic nitrogens is 1. The first-order chi connectivity index (χ1) is 10.3. The molecule has 1 aromatic heterocycles. The highest BCUT2D eigenvalue weighted by Crippen LogP contribution is 2.12. The van der Waals surface area contributed by atoms with Crippen LogP contribution in [-0.2, 0) is 17.1 Å². The van der Waals surface area contributed by atoms with Gasteiger partial charge in [-0.25, -0.2) is 4.98 Å². The number of carbonyl (C=O) groups is 1. The third kappa shape index (κ3) is 9.10. The Morgan fingerprint density at radius 2 is 1.86 bits per heavy atom. The van der Waals surface area contributed by atoms with Crippen LogP contribution in [0, 0.1) is 0 Å². The van der Waals surface area contributed by atoms with E-state index in [1.165, 1.54) is 56.3 Å². The summed E-state index contributed by atoms with van der Waals surface area (Å²) in [5, 5.41) is 5.72. The largest absolute Gasteiger partial charge is 0.356 e. The summed E-state index contributed by atoms with van der Waals surface area (Å²) in [5.74, 6) is 0.476. The summed E-state index contributed by atoms with van der Waals surface area (Å²) in [6.45, 7) is 3.02. The van der Waals surface area contributed by atoms with Crippen LogP contribution in [-0.4, -0.2) is 17.4 Å². The smallest absolute Gasteiger partial charge is 0.226 e. The monoisotopic (exact) mass is 330 g/mol. The number of hydrogen-bond acceptors (Lipinski definition) is 3. The molecule has 0 atom stereocenters. The Morgan fingerprint density at radius 3 is 2.48 bits per heavy atom. The van der Waals surface area contributed by atoms with E-state index in [1.54, 1.807) is 0 Å². The van der Waals surface area contributed by atoms with Gasteiger partial charge in [0.25, 0.3) is 0 Å². The van der Waals surface area contributed by atoms with Crippen LogP contribution in [0.3, 0.4) is 0 Å². The van der Waals surface area contributed by atoms with E-state index in [-0.39, 0.29) is 5.91 Å². The predicted molar refractivity (Wildman–Crippen MR) is 91.0 cm³/mol. The lowest BCUT2D eigenvalue weighted by atomic mass is 10.1. The lowest BCUT2D eigenvalue weighted by Crippen LogP contribution is -2.26. The molecule has 0 spiro atoms. The fourth-order valence-corrected chi connectivity index (χ4v) is 3.20. The molecule has 0 saturated carbocycles. The second-order valence-corrected chi connectivity index (χ2v) is 6.58. The first kappa shape index (κ1) is 18.4. The van der Waals surface area contributed by atoms with E-state index in [0.717, 1.165) is 23.7 Å². The number of rotatable bonds is 12. The number of carbonyl (C=O) groups excluding carboxylic acids is 1. The normalized spacial score (nSPS) is 10.8. The van der Waals surface area contributed by atoms with Gasteiger partial charge in [0.15, 0.2) is 0 Å². The van der Waals surface area contributed by atoms with Crippen molar-refractivity contribution in [3.63, 3.8) is 0 Å². The molecule has 21 heavy (non-hydrogen) atoms. The minimum absolute atomic E-state index is 0.0634. The molecule has 0 radical (unpaired) electrons. The minimum Gasteiger partial charge on any atom is -0.356 e. The molecular weight excluding hydrogens is 304 g/mol. The van der Waals surface area contributed by atoms with E-state index < -0.39 is 0 Å². The van der Waals surface area contributed by atoms with E-state index in [4.69, 9.17) is 11.6 Å². The average Bonchev–Trinajstić information content (AvgIpc) is 2.93. The summed E-state index contributed by atoms with van der Waals surface area (Å²) >= 11 is 7.20. The summed E-state index contributed by atoms with van der Waals surface area (Å²) in [7, 11) is 0. The summed E-state index contributed by atoms with van der Waals surface area (Å²) in [4.78, 5) is 16.0. The lowest BCUT2D eigenvalue weighted by molar-refractivity contribution is -0.120. The minimum atomic E-state index is 0.0634. The zero-order valence-corrected chi connectivity index (χ0v) is 14.6. The van der Waals surface area contributed by atoms with Crippen molar-refractivity contribution in [2.24, 2.45) is 0 Å². The van der Waals surface area contributed by atoms with Crippen LogP contribution in [0.5, 0.6) is 0 Å². The Kier molecular flexibility index (Phi) is 10.5. The maximum Gasteiger partial charge on any atom is 0.226 e. The van der Waals surface area contributed by atoms with Crippen molar-refractivity contribution in [1.82, 2.24) is 10.3 Å². The zero-order chi connectivity index (χ0) is 15.3. The number of amides is 1. The van der Waals surface area contributed by atoms with Gasteiger partial charge in [0.1, 0.15) is 5.01 Å². The van der Waals surface area contributed by atoms with E-state index >= 15 is 0 Å². The first-order valence-corrected chi connectivity index (χ1v) is 9.43. The molecule has 0 saturated heterocycles. The number of nitrogens with zero attached hydrogens (tertiary/aromatic N) is 1. The Labute approximate surface area is 137 Å². The molecule has 0 fully saturated rings. The van der Waals surface area contributed by atoms with Gasteiger partial charge in [-0.3, -0.25) is 4.79 Å². The van der Waals surface area contributed by atoms with E-state index in [0.29, 0.717) is 12.3 Å². The molecule has 1 N–H and O–H groups in total. The second-order valence-electron chi connectivity index (χ2n) is 5.37. The Bertz CT molecular complexity index is 395. The van der Waals surface area contributed by atoms with Crippen LogP contribution in [0.2, 0.25) is 0 Å². The van der Waals surface area contributed by atoms with Crippen LogP contribution < -0.4 is 5.32 Å². The highest BCUT2D eigenvalue weighted by atomic mass is 35.5. The zero-order valence-electron chi connectivity index (χ0n) is 13.0. The van der Waals surface area contributed by atoms with E-state index in [1.807, 2.05) is 5.38 Å². The Balaban J connectivity index is 1.96. The van der Waals surface area contributed by atoms with Gasteiger partial charge in [0.05, 0.1) is 18.0 Å². The van der Waals surface area contributed by atoms with Crippen molar-refractivity contribution in [1.29, 1.82) is 0 Å². The number of alkyl halides is 1. The molecule has 3 nitrogen and oxygen atoms in total. The molecule has 0 aromatic carbocycles. The van der Waals surface area contributed by atoms with Gasteiger partial charge in [-0.05, 0) is 6.42 Å². The van der Waals surface area contributed by atoms with Crippen molar-refractivity contribution in [3.05, 3.63) is 16.1 Å². The molecule has 1 amide bonds. The molecule has 120 valence electrons. The summed E-state index contributed by atoms with van der Waals surface area (Å²) < 4.78 is 0. The highest BCUT2D eigenvalue weighted by Gasteiger charge is 2.06. The van der Waals surface area contributed by atoms with E-state index in [9.17, 15) is 4.79 Å². The molecule has 1 heterocycles. The van der Waals surface area contributed by atoms with E-state index in [2.05, 4.69) is 17.2 Å². The third-order valence-electron chi connectivity index (χ3n) is 3.40. The molecule has 1 aromatic rings. The molecule has 0 aliphatic heterocycles. The number of halogens is 1. The van der Waals surface area contributed by atoms with Gasteiger partial charge in [-0.1, -0.05) is 51.9 Å². The quantitative estimate of drug-likeness (QED) is 0.446. The van der Waals surface area contributed by atoms with Gasteiger partial charge >= 0.3 is 0 Å². The maximum atomic E-state index is 11.7.